The molecular formula is C13H21BO2. The van der Waals surface area contributed by atoms with Crippen molar-refractivity contribution in [3.8, 4) is 0 Å². The van der Waals surface area contributed by atoms with Crippen molar-refractivity contribution in [3.05, 3.63) is 30.3 Å². The fourth-order valence-electron chi connectivity index (χ4n) is 1.69. The lowest BCUT2D eigenvalue weighted by molar-refractivity contribution is 0.235. The summed E-state index contributed by atoms with van der Waals surface area (Å²) < 4.78 is 5.81. The van der Waals surface area contributed by atoms with E-state index in [4.69, 9.17) is 9.76 Å². The molecule has 0 saturated carbocycles. The first-order valence-corrected chi connectivity index (χ1v) is 6.16. The van der Waals surface area contributed by atoms with Gasteiger partial charge in [-0.3, -0.25) is 0 Å². The SMILES string of the molecule is CCCCB(OCCCO)c1ccccc1. The molecule has 0 aliphatic rings. The monoisotopic (exact) mass is 220 g/mol. The van der Waals surface area contributed by atoms with Crippen LogP contribution in [0.15, 0.2) is 30.3 Å². The molecule has 1 aromatic rings. The maximum atomic E-state index is 8.75. The molecule has 0 atom stereocenters. The van der Waals surface area contributed by atoms with Crippen LogP contribution in [0, 0.1) is 0 Å². The van der Waals surface area contributed by atoms with Crippen LogP contribution in [-0.4, -0.2) is 25.2 Å². The summed E-state index contributed by atoms with van der Waals surface area (Å²) in [7, 11) is 0. The van der Waals surface area contributed by atoms with Crippen LogP contribution in [-0.2, 0) is 4.65 Å². The van der Waals surface area contributed by atoms with Gasteiger partial charge in [-0.25, -0.2) is 0 Å². The smallest absolute Gasteiger partial charge is 0.326 e. The summed E-state index contributed by atoms with van der Waals surface area (Å²) in [4.78, 5) is 0. The van der Waals surface area contributed by atoms with Crippen molar-refractivity contribution in [3.63, 3.8) is 0 Å². The van der Waals surface area contributed by atoms with Gasteiger partial charge in [0.15, 0.2) is 0 Å². The summed E-state index contributed by atoms with van der Waals surface area (Å²) in [6, 6.07) is 10.3. The van der Waals surface area contributed by atoms with E-state index in [9.17, 15) is 0 Å². The van der Waals surface area contributed by atoms with Crippen LogP contribution < -0.4 is 5.46 Å². The van der Waals surface area contributed by atoms with Gasteiger partial charge in [-0.15, -0.1) is 0 Å². The summed E-state index contributed by atoms with van der Waals surface area (Å²) in [5, 5.41) is 8.75. The molecule has 0 amide bonds. The summed E-state index contributed by atoms with van der Waals surface area (Å²) in [6.45, 7) is 3.22. The van der Waals surface area contributed by atoms with Crippen molar-refractivity contribution >= 4 is 12.4 Å². The highest BCUT2D eigenvalue weighted by atomic mass is 16.4. The lowest BCUT2D eigenvalue weighted by atomic mass is 9.57. The molecule has 0 aliphatic heterocycles. The van der Waals surface area contributed by atoms with Gasteiger partial charge in [-0.2, -0.15) is 0 Å². The van der Waals surface area contributed by atoms with Gasteiger partial charge in [0.2, 0.25) is 0 Å². The quantitative estimate of drug-likeness (QED) is 0.536. The highest BCUT2D eigenvalue weighted by Gasteiger charge is 2.16. The number of rotatable bonds is 8. The van der Waals surface area contributed by atoms with Gasteiger partial charge in [0.1, 0.15) is 0 Å². The lowest BCUT2D eigenvalue weighted by Gasteiger charge is -2.14. The predicted molar refractivity (Wildman–Crippen MR) is 69.2 cm³/mol. The molecule has 0 unspecified atom stereocenters. The fourth-order valence-corrected chi connectivity index (χ4v) is 1.69. The van der Waals surface area contributed by atoms with E-state index in [0.717, 1.165) is 12.7 Å². The minimum atomic E-state index is 0.188. The average molecular weight is 220 g/mol. The molecule has 1 N–H and O–H groups in total. The first kappa shape index (κ1) is 13.3. The number of aliphatic hydroxyl groups is 1. The third-order valence-corrected chi connectivity index (χ3v) is 2.61. The Morgan fingerprint density at radius 2 is 1.94 bits per heavy atom. The molecular weight excluding hydrogens is 199 g/mol. The lowest BCUT2D eigenvalue weighted by Crippen LogP contribution is -2.33. The van der Waals surface area contributed by atoms with E-state index in [1.165, 1.54) is 18.3 Å². The summed E-state index contributed by atoms with van der Waals surface area (Å²) in [5.74, 6) is 0. The molecule has 2 nitrogen and oxygen atoms in total. The van der Waals surface area contributed by atoms with Crippen LogP contribution in [0.1, 0.15) is 26.2 Å². The largest absolute Gasteiger partial charge is 0.431 e. The molecule has 88 valence electrons. The van der Waals surface area contributed by atoms with Gasteiger partial charge in [-0.05, 0) is 18.2 Å². The number of benzene rings is 1. The second-order valence-corrected chi connectivity index (χ2v) is 3.99. The first-order chi connectivity index (χ1) is 7.88. The molecule has 0 spiro atoms. The number of hydrogen-bond donors (Lipinski definition) is 1. The third-order valence-electron chi connectivity index (χ3n) is 2.61. The van der Waals surface area contributed by atoms with Crippen LogP contribution in [0.25, 0.3) is 0 Å². The van der Waals surface area contributed by atoms with E-state index >= 15 is 0 Å². The van der Waals surface area contributed by atoms with Gasteiger partial charge in [-0.1, -0.05) is 50.1 Å². The third kappa shape index (κ3) is 4.82. The highest BCUT2D eigenvalue weighted by molar-refractivity contribution is 6.67. The summed E-state index contributed by atoms with van der Waals surface area (Å²) in [5.41, 5.74) is 1.24. The minimum absolute atomic E-state index is 0.188. The van der Waals surface area contributed by atoms with Crippen LogP contribution in [0.5, 0.6) is 0 Å². The Morgan fingerprint density at radius 3 is 2.56 bits per heavy atom. The molecule has 0 heterocycles. The predicted octanol–water partition coefficient (Wildman–Crippen LogP) is 2.08. The van der Waals surface area contributed by atoms with Gasteiger partial charge < -0.3 is 9.76 Å². The fraction of sp³-hybridized carbons (Fsp3) is 0.538. The summed E-state index contributed by atoms with van der Waals surface area (Å²) >= 11 is 0. The number of hydrogen-bond acceptors (Lipinski definition) is 2. The van der Waals surface area contributed by atoms with E-state index in [2.05, 4.69) is 19.1 Å². The second-order valence-electron chi connectivity index (χ2n) is 3.99. The summed E-state index contributed by atoms with van der Waals surface area (Å²) in [6.07, 6.45) is 4.15. The molecule has 1 aromatic carbocycles. The zero-order valence-electron chi connectivity index (χ0n) is 10.1. The van der Waals surface area contributed by atoms with E-state index in [0.29, 0.717) is 6.61 Å². The zero-order valence-corrected chi connectivity index (χ0v) is 10.1. The average Bonchev–Trinajstić information content (AvgIpc) is 2.35. The molecule has 0 bridgehead atoms. The van der Waals surface area contributed by atoms with Gasteiger partial charge in [0, 0.05) is 13.2 Å². The molecule has 1 rings (SSSR count). The highest BCUT2D eigenvalue weighted by Crippen LogP contribution is 2.04. The van der Waals surface area contributed by atoms with Crippen LogP contribution in [0.4, 0.5) is 0 Å². The van der Waals surface area contributed by atoms with Gasteiger partial charge >= 0.3 is 6.92 Å². The molecule has 16 heavy (non-hydrogen) atoms. The van der Waals surface area contributed by atoms with E-state index in [1.807, 2.05) is 18.2 Å². The van der Waals surface area contributed by atoms with Crippen molar-refractivity contribution < 1.29 is 9.76 Å². The first-order valence-electron chi connectivity index (χ1n) is 6.16. The maximum Gasteiger partial charge on any atom is 0.326 e. The zero-order chi connectivity index (χ0) is 11.6. The number of aliphatic hydroxyl groups excluding tert-OH is 1. The maximum absolute atomic E-state index is 8.75. The van der Waals surface area contributed by atoms with Crippen molar-refractivity contribution in [2.24, 2.45) is 0 Å². The van der Waals surface area contributed by atoms with E-state index in [-0.39, 0.29) is 13.5 Å². The van der Waals surface area contributed by atoms with Crippen LogP contribution >= 0.6 is 0 Å². The van der Waals surface area contributed by atoms with Crippen molar-refractivity contribution in [2.75, 3.05) is 13.2 Å². The normalized spacial score (nSPS) is 10.4. The topological polar surface area (TPSA) is 29.5 Å². The minimum Gasteiger partial charge on any atom is -0.431 e. The Hall–Kier alpha value is -0.795. The molecule has 0 radical (unpaired) electrons. The Bertz CT molecular complexity index is 264. The second kappa shape index (κ2) is 8.37. The van der Waals surface area contributed by atoms with E-state index in [1.54, 1.807) is 0 Å². The number of unbranched alkanes of at least 4 members (excludes halogenated alkanes) is 1. The molecule has 0 aliphatic carbocycles. The van der Waals surface area contributed by atoms with Crippen molar-refractivity contribution in [1.29, 1.82) is 0 Å². The molecule has 0 aromatic heterocycles. The van der Waals surface area contributed by atoms with Crippen LogP contribution in [0.2, 0.25) is 6.32 Å². The van der Waals surface area contributed by atoms with Crippen LogP contribution in [0.3, 0.4) is 0 Å². The molecule has 0 fully saturated rings. The van der Waals surface area contributed by atoms with E-state index < -0.39 is 0 Å². The van der Waals surface area contributed by atoms with Crippen molar-refractivity contribution in [1.82, 2.24) is 0 Å². The van der Waals surface area contributed by atoms with Gasteiger partial charge in [0.05, 0.1) is 0 Å². The van der Waals surface area contributed by atoms with Crippen molar-refractivity contribution in [2.45, 2.75) is 32.5 Å². The Labute approximate surface area is 98.8 Å². The standard InChI is InChI=1S/C13H21BO2/c1-2-3-10-14(16-12-7-11-15)13-8-5-4-6-9-13/h4-6,8-9,15H,2-3,7,10-12H2,1H3. The van der Waals surface area contributed by atoms with Gasteiger partial charge in [0.25, 0.3) is 0 Å². The Balaban J connectivity index is 2.49. The Kier molecular flexibility index (Phi) is 6.94. The molecule has 3 heteroatoms. The molecule has 0 saturated heterocycles. The Morgan fingerprint density at radius 1 is 1.19 bits per heavy atom.